The molecule has 1 N–H and O–H groups in total. The van der Waals surface area contributed by atoms with Crippen molar-refractivity contribution in [1.29, 1.82) is 5.26 Å². The molecule has 1 heterocycles. The molecule has 4 nitrogen and oxygen atoms in total. The predicted octanol–water partition coefficient (Wildman–Crippen LogP) is 1.98. The maximum atomic E-state index is 9.75. The molecule has 112 valence electrons. The molecule has 0 aliphatic heterocycles. The van der Waals surface area contributed by atoms with E-state index in [4.69, 9.17) is 0 Å². The van der Waals surface area contributed by atoms with Gasteiger partial charge in [0.05, 0.1) is 6.07 Å². The third-order valence-corrected chi connectivity index (χ3v) is 4.51. The number of pyridine rings is 1. The molecule has 1 aromatic heterocycles. The molecule has 0 bridgehead atoms. The quantitative estimate of drug-likeness (QED) is 0.793. The first kappa shape index (κ1) is 14.5. The van der Waals surface area contributed by atoms with Crippen LogP contribution in [0.3, 0.4) is 0 Å². The Kier molecular flexibility index (Phi) is 4.23. The average molecular weight is 284 g/mol. The number of hydrogen-bond donors (Lipinski definition) is 1. The zero-order valence-corrected chi connectivity index (χ0v) is 12.8. The van der Waals surface area contributed by atoms with Gasteiger partial charge in [0.2, 0.25) is 0 Å². The van der Waals surface area contributed by atoms with Crippen molar-refractivity contribution >= 4 is 0 Å². The summed E-state index contributed by atoms with van der Waals surface area (Å²) in [5.41, 5.74) is 0.786. The van der Waals surface area contributed by atoms with Crippen molar-refractivity contribution in [3.05, 3.63) is 30.1 Å². The number of nitriles is 1. The van der Waals surface area contributed by atoms with Crippen molar-refractivity contribution in [2.24, 2.45) is 5.92 Å². The van der Waals surface area contributed by atoms with Crippen LogP contribution >= 0.6 is 0 Å². The molecule has 0 amide bonds. The highest BCUT2D eigenvalue weighted by atomic mass is 15.2. The molecule has 1 aromatic rings. The van der Waals surface area contributed by atoms with Crippen molar-refractivity contribution in [2.45, 2.75) is 43.7 Å². The topological polar surface area (TPSA) is 52.0 Å². The van der Waals surface area contributed by atoms with Crippen LogP contribution in [0.15, 0.2) is 24.4 Å². The van der Waals surface area contributed by atoms with Crippen molar-refractivity contribution in [2.75, 3.05) is 20.1 Å². The Morgan fingerprint density at radius 1 is 1.38 bits per heavy atom. The van der Waals surface area contributed by atoms with Gasteiger partial charge in [0.25, 0.3) is 0 Å². The van der Waals surface area contributed by atoms with E-state index in [1.54, 1.807) is 0 Å². The fourth-order valence-corrected chi connectivity index (χ4v) is 2.98. The van der Waals surface area contributed by atoms with Crippen LogP contribution in [0.5, 0.6) is 0 Å². The van der Waals surface area contributed by atoms with Crippen molar-refractivity contribution < 1.29 is 0 Å². The van der Waals surface area contributed by atoms with Gasteiger partial charge in [-0.05, 0) is 50.8 Å². The summed E-state index contributed by atoms with van der Waals surface area (Å²) in [5, 5.41) is 13.4. The van der Waals surface area contributed by atoms with Crippen LogP contribution in [-0.2, 0) is 6.42 Å². The fraction of sp³-hybridized carbons (Fsp3) is 0.647. The number of rotatable bonds is 8. The molecule has 2 aliphatic carbocycles. The van der Waals surface area contributed by atoms with Gasteiger partial charge >= 0.3 is 0 Å². The highest BCUT2D eigenvalue weighted by Crippen LogP contribution is 2.41. The maximum Gasteiger partial charge on any atom is 0.122 e. The molecule has 4 heteroatoms. The first-order valence-electron chi connectivity index (χ1n) is 7.99. The summed E-state index contributed by atoms with van der Waals surface area (Å²) < 4.78 is 0. The Morgan fingerprint density at radius 3 is 2.76 bits per heavy atom. The molecular weight excluding hydrogens is 260 g/mol. The molecule has 0 aromatic carbocycles. The Bertz CT molecular complexity index is 501. The Labute approximate surface area is 127 Å². The maximum absolute atomic E-state index is 9.75. The van der Waals surface area contributed by atoms with Gasteiger partial charge in [-0.2, -0.15) is 5.26 Å². The monoisotopic (exact) mass is 284 g/mol. The number of nitrogens with one attached hydrogen (secondary N) is 1. The number of aromatic nitrogens is 1. The molecule has 2 aliphatic rings. The van der Waals surface area contributed by atoms with E-state index >= 15 is 0 Å². The van der Waals surface area contributed by atoms with Crippen LogP contribution in [-0.4, -0.2) is 41.6 Å². The van der Waals surface area contributed by atoms with Crippen LogP contribution in [0.2, 0.25) is 0 Å². The van der Waals surface area contributed by atoms with Crippen molar-refractivity contribution in [3.63, 3.8) is 0 Å². The third-order valence-electron chi connectivity index (χ3n) is 4.51. The summed E-state index contributed by atoms with van der Waals surface area (Å²) in [6.45, 7) is 1.76. The van der Waals surface area contributed by atoms with Gasteiger partial charge in [0.15, 0.2) is 0 Å². The summed E-state index contributed by atoms with van der Waals surface area (Å²) in [6, 6.07) is 9.23. The zero-order valence-electron chi connectivity index (χ0n) is 12.8. The van der Waals surface area contributed by atoms with E-state index in [0.717, 1.165) is 25.2 Å². The summed E-state index contributed by atoms with van der Waals surface area (Å²) in [7, 11) is 2.12. The lowest BCUT2D eigenvalue weighted by Crippen LogP contribution is -2.54. The highest BCUT2D eigenvalue weighted by Gasteiger charge is 2.48. The number of hydrogen-bond acceptors (Lipinski definition) is 4. The molecule has 2 fully saturated rings. The van der Waals surface area contributed by atoms with Gasteiger partial charge in [-0.15, -0.1) is 0 Å². The van der Waals surface area contributed by atoms with Crippen molar-refractivity contribution in [3.8, 4) is 6.07 Å². The molecule has 1 unspecified atom stereocenters. The van der Waals surface area contributed by atoms with Crippen LogP contribution in [0.1, 0.15) is 31.4 Å². The standard InChI is InChI=1S/C17H24N4/c1-21(11-9-15-4-2-3-10-19-15)13-17(12-18,14-5-6-14)20-16-7-8-16/h2-4,10,14,16,20H,5-9,11,13H2,1H3. The van der Waals surface area contributed by atoms with Crippen LogP contribution < -0.4 is 5.32 Å². The predicted molar refractivity (Wildman–Crippen MR) is 82.7 cm³/mol. The first-order chi connectivity index (χ1) is 10.2. The SMILES string of the molecule is CN(CCc1ccccn1)CC(C#N)(NC1CC1)C1CC1. The Morgan fingerprint density at radius 2 is 2.19 bits per heavy atom. The lowest BCUT2D eigenvalue weighted by molar-refractivity contribution is 0.227. The second kappa shape index (κ2) is 6.13. The van der Waals surface area contributed by atoms with Crippen molar-refractivity contribution in [1.82, 2.24) is 15.2 Å². The van der Waals surface area contributed by atoms with Crippen LogP contribution in [0.4, 0.5) is 0 Å². The lowest BCUT2D eigenvalue weighted by atomic mass is 9.94. The minimum absolute atomic E-state index is 0.333. The van der Waals surface area contributed by atoms with E-state index in [0.29, 0.717) is 12.0 Å². The van der Waals surface area contributed by atoms with Gasteiger partial charge in [-0.3, -0.25) is 10.3 Å². The average Bonchev–Trinajstić information content (AvgIpc) is 3.38. The second-order valence-corrected chi connectivity index (χ2v) is 6.58. The van der Waals surface area contributed by atoms with E-state index in [1.165, 1.54) is 25.7 Å². The summed E-state index contributed by atoms with van der Waals surface area (Å²) in [5.74, 6) is 0.542. The normalized spacial score (nSPS) is 21.0. The molecule has 21 heavy (non-hydrogen) atoms. The Hall–Kier alpha value is -1.44. The number of nitrogens with zero attached hydrogens (tertiary/aromatic N) is 3. The van der Waals surface area contributed by atoms with Gasteiger partial charge in [0.1, 0.15) is 5.54 Å². The molecule has 3 rings (SSSR count). The summed E-state index contributed by atoms with van der Waals surface area (Å²) in [4.78, 5) is 6.65. The van der Waals surface area contributed by atoms with Crippen LogP contribution in [0.25, 0.3) is 0 Å². The van der Waals surface area contributed by atoms with E-state index in [-0.39, 0.29) is 5.54 Å². The minimum atomic E-state index is -0.333. The summed E-state index contributed by atoms with van der Waals surface area (Å²) in [6.07, 6.45) is 7.63. The molecule has 0 saturated heterocycles. The van der Waals surface area contributed by atoms with Crippen LogP contribution in [0, 0.1) is 17.2 Å². The number of likely N-dealkylation sites (N-methyl/N-ethyl adjacent to an activating group) is 1. The van der Waals surface area contributed by atoms with E-state index < -0.39 is 0 Å². The minimum Gasteiger partial charge on any atom is -0.303 e. The lowest BCUT2D eigenvalue weighted by Gasteiger charge is -2.32. The van der Waals surface area contributed by atoms with Gasteiger partial charge in [0, 0.05) is 37.4 Å². The Balaban J connectivity index is 1.56. The second-order valence-electron chi connectivity index (χ2n) is 6.58. The highest BCUT2D eigenvalue weighted by molar-refractivity contribution is 5.18. The molecule has 2 saturated carbocycles. The van der Waals surface area contributed by atoms with E-state index in [9.17, 15) is 5.26 Å². The molecule has 0 radical (unpaired) electrons. The first-order valence-corrected chi connectivity index (χ1v) is 7.99. The fourth-order valence-electron chi connectivity index (χ4n) is 2.98. The van der Waals surface area contributed by atoms with E-state index in [2.05, 4.69) is 34.4 Å². The van der Waals surface area contributed by atoms with E-state index in [1.807, 2.05) is 18.3 Å². The largest absolute Gasteiger partial charge is 0.303 e. The van der Waals surface area contributed by atoms with Gasteiger partial charge in [-0.1, -0.05) is 6.07 Å². The summed E-state index contributed by atoms with van der Waals surface area (Å²) >= 11 is 0. The zero-order chi connectivity index (χ0) is 14.7. The molecule has 0 spiro atoms. The third kappa shape index (κ3) is 3.81. The molecular formula is C17H24N4. The smallest absolute Gasteiger partial charge is 0.122 e. The van der Waals surface area contributed by atoms with Gasteiger partial charge < -0.3 is 4.90 Å². The molecule has 1 atom stereocenters. The van der Waals surface area contributed by atoms with Gasteiger partial charge in [-0.25, -0.2) is 0 Å².